The smallest absolute Gasteiger partial charge is 0.335 e. The van der Waals surface area contributed by atoms with Crippen LogP contribution in [0.3, 0.4) is 0 Å². The van der Waals surface area contributed by atoms with Crippen LogP contribution in [0.25, 0.3) is 6.08 Å². The number of nitrogens with zero attached hydrogens (tertiary/aromatic N) is 1. The van der Waals surface area contributed by atoms with Crippen LogP contribution >= 0.6 is 27.7 Å². The van der Waals surface area contributed by atoms with Gasteiger partial charge in [-0.25, -0.2) is 9.69 Å². The lowest BCUT2D eigenvalue weighted by Gasteiger charge is -2.26. The molecule has 1 aliphatic heterocycles. The van der Waals surface area contributed by atoms with Crippen LogP contribution in [0.4, 0.5) is 10.5 Å². The predicted octanol–water partition coefficient (Wildman–Crippen LogP) is 5.13. The van der Waals surface area contributed by atoms with Crippen molar-refractivity contribution in [3.8, 4) is 0 Å². The van der Waals surface area contributed by atoms with Crippen LogP contribution in [0.2, 0.25) is 0 Å². The predicted molar refractivity (Wildman–Crippen MR) is 115 cm³/mol. The molecule has 1 N–H and O–H groups in total. The number of carbonyl (C=O) groups is 3. The Morgan fingerprint density at radius 2 is 1.76 bits per heavy atom. The Kier molecular flexibility index (Phi) is 5.91. The number of benzene rings is 1. The van der Waals surface area contributed by atoms with Gasteiger partial charge in [0, 0.05) is 9.72 Å². The van der Waals surface area contributed by atoms with Crippen molar-refractivity contribution in [2.24, 2.45) is 0 Å². The van der Waals surface area contributed by atoms with Crippen molar-refractivity contribution in [3.05, 3.63) is 52.2 Å². The van der Waals surface area contributed by atoms with Crippen LogP contribution in [0.15, 0.2) is 56.0 Å². The van der Waals surface area contributed by atoms with E-state index in [-0.39, 0.29) is 5.57 Å². The molecular weight excluding hydrogens is 456 g/mol. The molecule has 0 spiro atoms. The Morgan fingerprint density at radius 3 is 2.48 bits per heavy atom. The van der Waals surface area contributed by atoms with Crippen LogP contribution in [-0.4, -0.2) is 23.1 Å². The highest BCUT2D eigenvalue weighted by Crippen LogP contribution is 2.35. The van der Waals surface area contributed by atoms with E-state index in [0.29, 0.717) is 16.7 Å². The molecule has 4 amide bonds. The Labute approximate surface area is 180 Å². The van der Waals surface area contributed by atoms with E-state index in [1.54, 1.807) is 42.1 Å². The number of imide groups is 2. The molecule has 0 unspecified atom stereocenters. The number of urea groups is 1. The fraction of sp³-hybridized carbons (Fsp3) is 0.286. The van der Waals surface area contributed by atoms with Crippen molar-refractivity contribution in [1.29, 1.82) is 0 Å². The molecule has 150 valence electrons. The van der Waals surface area contributed by atoms with E-state index in [2.05, 4.69) is 21.2 Å². The topological polar surface area (TPSA) is 79.6 Å². The minimum absolute atomic E-state index is 0.143. The van der Waals surface area contributed by atoms with Crippen LogP contribution in [0, 0.1) is 0 Å². The summed E-state index contributed by atoms with van der Waals surface area (Å²) in [5.74, 6) is -1.00. The molecule has 1 saturated carbocycles. The molecule has 1 aliphatic carbocycles. The third kappa shape index (κ3) is 4.48. The third-order valence-corrected chi connectivity index (χ3v) is 6.70. The summed E-state index contributed by atoms with van der Waals surface area (Å²) < 4.78 is 6.63. The molecule has 2 heterocycles. The molecule has 2 aliphatic rings. The number of rotatable bonds is 4. The quantitative estimate of drug-likeness (QED) is 0.490. The molecule has 6 nitrogen and oxygen atoms in total. The maximum atomic E-state index is 12.9. The van der Waals surface area contributed by atoms with Gasteiger partial charge in [0.05, 0.1) is 5.69 Å². The first-order chi connectivity index (χ1) is 14.0. The molecule has 8 heteroatoms. The number of thioether (sulfide) groups is 1. The number of hydrogen-bond acceptors (Lipinski definition) is 5. The second kappa shape index (κ2) is 8.59. The van der Waals surface area contributed by atoms with Gasteiger partial charge < -0.3 is 4.42 Å². The average molecular weight is 475 g/mol. The molecule has 0 atom stereocenters. The molecule has 1 aromatic heterocycles. The van der Waals surface area contributed by atoms with Gasteiger partial charge >= 0.3 is 6.03 Å². The minimum atomic E-state index is -0.771. The lowest BCUT2D eigenvalue weighted by molar-refractivity contribution is -0.122. The lowest BCUT2D eigenvalue weighted by Crippen LogP contribution is -2.54. The number of carbonyl (C=O) groups excluding carboxylic acids is 3. The van der Waals surface area contributed by atoms with E-state index in [1.807, 2.05) is 6.07 Å². The van der Waals surface area contributed by atoms with Crippen molar-refractivity contribution in [3.63, 3.8) is 0 Å². The molecule has 4 rings (SSSR count). The van der Waals surface area contributed by atoms with E-state index in [0.717, 1.165) is 14.5 Å². The number of amides is 4. The fourth-order valence-corrected chi connectivity index (χ4v) is 4.90. The summed E-state index contributed by atoms with van der Waals surface area (Å²) in [6.45, 7) is 0. The lowest BCUT2D eigenvalue weighted by atomic mass is 10.0. The first-order valence-electron chi connectivity index (χ1n) is 9.45. The summed E-state index contributed by atoms with van der Waals surface area (Å²) in [4.78, 5) is 38.3. The Morgan fingerprint density at radius 1 is 1.03 bits per heavy atom. The van der Waals surface area contributed by atoms with Gasteiger partial charge in [0.15, 0.2) is 5.09 Å². The van der Waals surface area contributed by atoms with Crippen LogP contribution in [0.5, 0.6) is 0 Å². The maximum absolute atomic E-state index is 12.9. The first-order valence-corrected chi connectivity index (χ1v) is 11.1. The number of nitrogens with one attached hydrogen (secondary N) is 1. The van der Waals surface area contributed by atoms with E-state index in [9.17, 15) is 14.4 Å². The molecule has 1 saturated heterocycles. The third-order valence-electron chi connectivity index (χ3n) is 4.91. The molecule has 2 fully saturated rings. The second-order valence-corrected chi connectivity index (χ2v) is 9.19. The van der Waals surface area contributed by atoms with Gasteiger partial charge in [-0.05, 0) is 55.3 Å². The summed E-state index contributed by atoms with van der Waals surface area (Å²) in [7, 11) is 0. The largest absolute Gasteiger partial charge is 0.450 e. The van der Waals surface area contributed by atoms with E-state index in [4.69, 9.17) is 4.42 Å². The van der Waals surface area contributed by atoms with E-state index >= 15 is 0 Å². The van der Waals surface area contributed by atoms with Gasteiger partial charge in [-0.3, -0.25) is 14.9 Å². The molecular formula is C21H19BrN2O4S. The Hall–Kier alpha value is -2.32. The SMILES string of the molecule is O=C1NC(=O)N(c2ccc(Br)cc2)C(=O)C1=Cc1ccc(SC2CCCCC2)o1. The molecule has 0 radical (unpaired) electrons. The first kappa shape index (κ1) is 20.0. The normalized spacial score (nSPS) is 19.7. The highest BCUT2D eigenvalue weighted by atomic mass is 79.9. The number of furan rings is 1. The van der Waals surface area contributed by atoms with Gasteiger partial charge in [-0.2, -0.15) is 0 Å². The Balaban J connectivity index is 1.55. The summed E-state index contributed by atoms with van der Waals surface area (Å²) in [6.07, 6.45) is 7.51. The molecule has 29 heavy (non-hydrogen) atoms. The number of halogens is 1. The van der Waals surface area contributed by atoms with Gasteiger partial charge in [-0.1, -0.05) is 47.0 Å². The minimum Gasteiger partial charge on any atom is -0.450 e. The summed E-state index contributed by atoms with van der Waals surface area (Å²) in [6, 6.07) is 9.51. The van der Waals surface area contributed by atoms with E-state index in [1.165, 1.54) is 38.2 Å². The second-order valence-electron chi connectivity index (χ2n) is 6.97. The van der Waals surface area contributed by atoms with Crippen molar-refractivity contribution in [1.82, 2.24) is 5.32 Å². The number of hydrogen-bond donors (Lipinski definition) is 1. The summed E-state index contributed by atoms with van der Waals surface area (Å²) in [5.41, 5.74) is 0.234. The van der Waals surface area contributed by atoms with Crippen molar-refractivity contribution >= 4 is 57.3 Å². The number of barbiturate groups is 1. The summed E-state index contributed by atoms with van der Waals surface area (Å²) in [5, 5.41) is 3.53. The fourth-order valence-electron chi connectivity index (χ4n) is 3.45. The van der Waals surface area contributed by atoms with Gasteiger partial charge in [0.1, 0.15) is 11.3 Å². The average Bonchev–Trinajstić information content (AvgIpc) is 3.14. The highest BCUT2D eigenvalue weighted by Gasteiger charge is 2.37. The number of anilines is 1. The van der Waals surface area contributed by atoms with Gasteiger partial charge in [-0.15, -0.1) is 0 Å². The monoisotopic (exact) mass is 474 g/mol. The van der Waals surface area contributed by atoms with Gasteiger partial charge in [0.25, 0.3) is 11.8 Å². The zero-order valence-corrected chi connectivity index (χ0v) is 17.9. The van der Waals surface area contributed by atoms with Crippen LogP contribution in [-0.2, 0) is 9.59 Å². The molecule has 0 bridgehead atoms. The van der Waals surface area contributed by atoms with E-state index < -0.39 is 17.8 Å². The zero-order valence-electron chi connectivity index (χ0n) is 15.5. The van der Waals surface area contributed by atoms with Crippen LogP contribution in [0.1, 0.15) is 37.9 Å². The molecule has 1 aromatic carbocycles. The maximum Gasteiger partial charge on any atom is 0.335 e. The van der Waals surface area contributed by atoms with Crippen LogP contribution < -0.4 is 10.2 Å². The van der Waals surface area contributed by atoms with Crippen molar-refractivity contribution in [2.45, 2.75) is 42.4 Å². The standard InChI is InChI=1S/C21H19BrN2O4S/c22-13-6-8-14(9-7-13)24-20(26)17(19(25)23-21(24)27)12-15-10-11-18(28-15)29-16-4-2-1-3-5-16/h6-12,16H,1-5H2,(H,23,25,27). The van der Waals surface area contributed by atoms with Crippen molar-refractivity contribution in [2.75, 3.05) is 4.90 Å². The zero-order chi connectivity index (χ0) is 20.4. The van der Waals surface area contributed by atoms with Gasteiger partial charge in [0.2, 0.25) is 0 Å². The Bertz CT molecular complexity index is 977. The highest BCUT2D eigenvalue weighted by molar-refractivity contribution is 9.10. The molecule has 2 aromatic rings. The van der Waals surface area contributed by atoms with Crippen molar-refractivity contribution < 1.29 is 18.8 Å². The summed E-state index contributed by atoms with van der Waals surface area (Å²) >= 11 is 5.02.